The van der Waals surface area contributed by atoms with Crippen molar-refractivity contribution in [3.8, 4) is 33.4 Å². The number of rotatable bonds is 7. The minimum Gasteiger partial charge on any atom is -0.310 e. The van der Waals surface area contributed by atoms with Gasteiger partial charge in [0, 0.05) is 22.5 Å². The largest absolute Gasteiger partial charge is 0.310 e. The van der Waals surface area contributed by atoms with E-state index >= 15 is 0 Å². The Hall–Kier alpha value is -8.07. The third-order valence-corrected chi connectivity index (χ3v) is 13.5. The van der Waals surface area contributed by atoms with Gasteiger partial charge in [-0.2, -0.15) is 0 Å². The molecule has 0 aliphatic heterocycles. The molecule has 12 rings (SSSR count). The average Bonchev–Trinajstić information content (AvgIpc) is 3.60. The minimum atomic E-state index is -0.395. The van der Waals surface area contributed by atoms with Crippen molar-refractivity contribution in [3.63, 3.8) is 0 Å². The van der Waals surface area contributed by atoms with Crippen molar-refractivity contribution in [2.24, 2.45) is 0 Å². The monoisotopic (exact) mass is 835 g/mol. The molecule has 1 aliphatic rings. The van der Waals surface area contributed by atoms with Crippen molar-refractivity contribution in [3.05, 3.63) is 246 Å². The van der Waals surface area contributed by atoms with Gasteiger partial charge in [-0.25, -0.2) is 4.39 Å². The third-order valence-electron chi connectivity index (χ3n) is 13.5. The maximum absolute atomic E-state index is 14.3. The second-order valence-corrected chi connectivity index (χ2v) is 17.7. The Kier molecular flexibility index (Phi) is 8.59. The van der Waals surface area contributed by atoms with Gasteiger partial charge >= 0.3 is 0 Å². The average molecular weight is 836 g/mol. The van der Waals surface area contributed by atoms with Crippen molar-refractivity contribution >= 4 is 72.3 Å². The number of fused-ring (bicyclic) bond motifs is 7. The number of halogens is 1. The molecule has 0 spiro atoms. The predicted molar refractivity (Wildman–Crippen MR) is 275 cm³/mol. The normalized spacial score (nSPS) is 13.6. The molecule has 11 aromatic carbocycles. The summed E-state index contributed by atoms with van der Waals surface area (Å²) in [5, 5.41) is 9.46. The summed E-state index contributed by atoms with van der Waals surface area (Å²) in [6.45, 7) is 4.47. The van der Waals surface area contributed by atoms with E-state index in [4.69, 9.17) is 0 Å². The first kappa shape index (κ1) is 36.4. The molecule has 1 aliphatic carbocycles. The van der Waals surface area contributed by atoms with Crippen LogP contribution in [-0.4, -0.2) is 0 Å². The molecule has 0 amide bonds. The lowest BCUT2D eigenvalue weighted by Gasteiger charge is -2.28. The standard InChI is InChI=1S/C63H44FN/c1-63(2)59-38-42(26-36-52(59)53-37-35-50(40-60(53)63)65(48-33-30-47(64)31-34-48)49-32-29-43-12-3-4-14-46(43)39-49)23-22-41-24-27-45(28-25-41)61-55-17-7-9-19-57(55)62(58-20-10-8-18-56(58)61)54-21-11-15-44-13-5-6-16-51(44)54/h3-40H,1-2H3/b23-22+/i22D,23D. The smallest absolute Gasteiger partial charge is 0.123 e. The maximum atomic E-state index is 14.3. The van der Waals surface area contributed by atoms with Crippen LogP contribution in [0.1, 0.15) is 38.8 Å². The Morgan fingerprint density at radius 1 is 0.400 bits per heavy atom. The fourth-order valence-electron chi connectivity index (χ4n) is 10.3. The highest BCUT2D eigenvalue weighted by molar-refractivity contribution is 6.23. The van der Waals surface area contributed by atoms with E-state index in [1.54, 1.807) is 0 Å². The highest BCUT2D eigenvalue weighted by atomic mass is 19.1. The van der Waals surface area contributed by atoms with Crippen LogP contribution < -0.4 is 4.90 Å². The highest BCUT2D eigenvalue weighted by Gasteiger charge is 2.36. The highest BCUT2D eigenvalue weighted by Crippen LogP contribution is 2.51. The van der Waals surface area contributed by atoms with Crippen LogP contribution in [-0.2, 0) is 5.41 Å². The van der Waals surface area contributed by atoms with Gasteiger partial charge in [0.15, 0.2) is 0 Å². The molecule has 0 bridgehead atoms. The molecule has 0 atom stereocenters. The van der Waals surface area contributed by atoms with Crippen LogP contribution in [0.25, 0.3) is 88.6 Å². The van der Waals surface area contributed by atoms with Crippen molar-refractivity contribution < 1.29 is 7.13 Å². The Balaban J connectivity index is 0.896. The maximum Gasteiger partial charge on any atom is 0.123 e. The lowest BCUT2D eigenvalue weighted by Crippen LogP contribution is -2.16. The first-order valence-corrected chi connectivity index (χ1v) is 22.3. The van der Waals surface area contributed by atoms with E-state index in [1.807, 2.05) is 42.5 Å². The van der Waals surface area contributed by atoms with Crippen LogP contribution in [0.2, 0.25) is 0 Å². The zero-order valence-corrected chi connectivity index (χ0v) is 36.1. The molecule has 0 N–H and O–H groups in total. The van der Waals surface area contributed by atoms with Gasteiger partial charge in [-0.15, -0.1) is 0 Å². The van der Waals surface area contributed by atoms with Crippen LogP contribution in [0, 0.1) is 5.82 Å². The summed E-state index contributed by atoms with van der Waals surface area (Å²) in [6.07, 6.45) is 0. The molecule has 0 unspecified atom stereocenters. The zero-order valence-electron chi connectivity index (χ0n) is 38.1. The molecule has 0 saturated heterocycles. The zero-order chi connectivity index (χ0) is 45.4. The molecule has 0 fully saturated rings. The molecule has 11 aromatic rings. The number of benzene rings is 11. The van der Waals surface area contributed by atoms with Gasteiger partial charge in [0.2, 0.25) is 0 Å². The summed E-state index contributed by atoms with van der Waals surface area (Å²) in [7, 11) is 0. The number of anilines is 3. The number of hydrogen-bond donors (Lipinski definition) is 0. The van der Waals surface area contributed by atoms with E-state index in [0.29, 0.717) is 11.1 Å². The predicted octanol–water partition coefficient (Wildman–Crippen LogP) is 17.7. The van der Waals surface area contributed by atoms with Crippen LogP contribution >= 0.6 is 0 Å². The lowest BCUT2D eigenvalue weighted by molar-refractivity contribution is 0.628. The van der Waals surface area contributed by atoms with Crippen LogP contribution in [0.5, 0.6) is 0 Å². The Morgan fingerprint density at radius 2 is 0.908 bits per heavy atom. The van der Waals surface area contributed by atoms with E-state index in [1.165, 1.54) is 61.1 Å². The lowest BCUT2D eigenvalue weighted by atomic mass is 9.81. The van der Waals surface area contributed by atoms with E-state index in [2.05, 4.69) is 183 Å². The summed E-state index contributed by atoms with van der Waals surface area (Å²) >= 11 is 0. The number of nitrogens with zero attached hydrogens (tertiary/aromatic N) is 1. The van der Waals surface area contributed by atoms with Crippen molar-refractivity contribution in [2.45, 2.75) is 19.3 Å². The molecule has 0 heterocycles. The molecule has 0 radical (unpaired) electrons. The summed E-state index contributed by atoms with van der Waals surface area (Å²) in [4.78, 5) is 2.19. The van der Waals surface area contributed by atoms with E-state index in [-0.39, 0.29) is 17.9 Å². The van der Waals surface area contributed by atoms with Gasteiger partial charge in [0.25, 0.3) is 0 Å². The van der Waals surface area contributed by atoms with Crippen molar-refractivity contribution in [1.82, 2.24) is 0 Å². The Labute approximate surface area is 381 Å². The van der Waals surface area contributed by atoms with Crippen LogP contribution in [0.4, 0.5) is 21.5 Å². The minimum absolute atomic E-state index is 0.174. The molecule has 1 nitrogen and oxygen atoms in total. The first-order chi connectivity index (χ1) is 32.7. The van der Waals surface area contributed by atoms with E-state index in [0.717, 1.165) is 55.7 Å². The third kappa shape index (κ3) is 6.52. The van der Waals surface area contributed by atoms with Gasteiger partial charge < -0.3 is 4.90 Å². The summed E-state index contributed by atoms with van der Waals surface area (Å²) in [5.41, 5.74) is 13.1. The second-order valence-electron chi connectivity index (χ2n) is 17.7. The summed E-state index contributed by atoms with van der Waals surface area (Å²) < 4.78 is 33.0. The van der Waals surface area contributed by atoms with Crippen molar-refractivity contribution in [1.29, 1.82) is 0 Å². The SMILES string of the molecule is [2H]/C(=C(/[2H])c1ccc2c(c1)C(C)(C)c1cc(N(c3ccc(F)cc3)c3ccc4ccccc4c3)ccc1-2)c1ccc(-c2c3ccccc3c(-c3cccc4ccccc34)c3ccccc23)cc1. The van der Waals surface area contributed by atoms with Gasteiger partial charge in [0.1, 0.15) is 5.82 Å². The van der Waals surface area contributed by atoms with Gasteiger partial charge in [0.05, 0.1) is 2.74 Å². The molecule has 0 aromatic heterocycles. The Morgan fingerprint density at radius 3 is 1.62 bits per heavy atom. The van der Waals surface area contributed by atoms with Crippen molar-refractivity contribution in [2.75, 3.05) is 4.90 Å². The van der Waals surface area contributed by atoms with E-state index in [9.17, 15) is 7.13 Å². The topological polar surface area (TPSA) is 3.24 Å². The molecule has 0 saturated carbocycles. The molecule has 65 heavy (non-hydrogen) atoms. The molecule has 308 valence electrons. The van der Waals surface area contributed by atoms with E-state index < -0.39 is 5.41 Å². The second kappa shape index (κ2) is 15.3. The fraction of sp³-hybridized carbons (Fsp3) is 0.0476. The van der Waals surface area contributed by atoms with Gasteiger partial charge in [-0.1, -0.05) is 196 Å². The molecular weight excluding hydrogens is 790 g/mol. The Bertz CT molecular complexity index is 3750. The summed E-state index contributed by atoms with van der Waals surface area (Å²) in [6, 6.07) is 75.3. The van der Waals surface area contributed by atoms with Gasteiger partial charge in [-0.3, -0.25) is 0 Å². The molecular formula is C63H44FN. The molecule has 2 heteroatoms. The van der Waals surface area contributed by atoms with Crippen LogP contribution in [0.3, 0.4) is 0 Å². The fourth-order valence-corrected chi connectivity index (χ4v) is 10.3. The first-order valence-electron chi connectivity index (χ1n) is 23.3. The summed E-state index contributed by atoms with van der Waals surface area (Å²) in [5.74, 6) is -0.277. The quantitative estimate of drug-likeness (QED) is 0.114. The van der Waals surface area contributed by atoms with Gasteiger partial charge in [-0.05, 0) is 147 Å². The van der Waals surface area contributed by atoms with Crippen LogP contribution in [0.15, 0.2) is 218 Å². The number of hydrogen-bond acceptors (Lipinski definition) is 1.